The maximum absolute atomic E-state index is 5.77. The van der Waals surface area contributed by atoms with E-state index in [1.165, 1.54) is 30.9 Å². The monoisotopic (exact) mass is 273 g/mol. The Bertz CT molecular complexity index is 347. The lowest BCUT2D eigenvalue weighted by Crippen LogP contribution is -2.41. The van der Waals surface area contributed by atoms with Gasteiger partial charge in [0, 0.05) is 11.4 Å². The summed E-state index contributed by atoms with van der Waals surface area (Å²) in [6, 6.07) is 0.703. The SMILES string of the molecule is CN1CCC(N(C)Cc2nc(CCl)cs2)CC1. The van der Waals surface area contributed by atoms with E-state index in [1.54, 1.807) is 11.3 Å². The van der Waals surface area contributed by atoms with E-state index in [2.05, 4.69) is 34.3 Å². The molecule has 96 valence electrons. The molecule has 0 aromatic carbocycles. The van der Waals surface area contributed by atoms with Gasteiger partial charge in [-0.1, -0.05) is 0 Å². The van der Waals surface area contributed by atoms with Gasteiger partial charge >= 0.3 is 0 Å². The highest BCUT2D eigenvalue weighted by Crippen LogP contribution is 2.19. The Morgan fingerprint density at radius 2 is 2.24 bits per heavy atom. The summed E-state index contributed by atoms with van der Waals surface area (Å²) in [5.41, 5.74) is 1.00. The molecule has 1 aromatic heterocycles. The normalized spacial score (nSPS) is 19.1. The highest BCUT2D eigenvalue weighted by molar-refractivity contribution is 7.09. The van der Waals surface area contributed by atoms with Gasteiger partial charge in [-0.2, -0.15) is 0 Å². The Morgan fingerprint density at radius 1 is 1.53 bits per heavy atom. The van der Waals surface area contributed by atoms with Gasteiger partial charge in [0.05, 0.1) is 18.1 Å². The Morgan fingerprint density at radius 3 is 2.82 bits per heavy atom. The fraction of sp³-hybridized carbons (Fsp3) is 0.750. The lowest BCUT2D eigenvalue weighted by atomic mass is 10.0. The maximum atomic E-state index is 5.77. The Balaban J connectivity index is 1.85. The molecule has 0 saturated carbocycles. The molecule has 0 spiro atoms. The third kappa shape index (κ3) is 3.65. The van der Waals surface area contributed by atoms with Gasteiger partial charge in [-0.05, 0) is 40.0 Å². The molecular formula is C12H20ClN3S. The molecule has 3 nitrogen and oxygen atoms in total. The molecule has 0 unspecified atom stereocenters. The average molecular weight is 274 g/mol. The molecule has 17 heavy (non-hydrogen) atoms. The Hall–Kier alpha value is -0.160. The van der Waals surface area contributed by atoms with Crippen LogP contribution in [0.3, 0.4) is 0 Å². The van der Waals surface area contributed by atoms with E-state index in [-0.39, 0.29) is 0 Å². The number of alkyl halides is 1. The Labute approximate surface area is 112 Å². The summed E-state index contributed by atoms with van der Waals surface area (Å²) in [6.45, 7) is 3.37. The molecule has 5 heteroatoms. The molecule has 0 N–H and O–H groups in total. The van der Waals surface area contributed by atoms with E-state index < -0.39 is 0 Å². The number of rotatable bonds is 4. The first-order valence-corrected chi connectivity index (χ1v) is 7.48. The quantitative estimate of drug-likeness (QED) is 0.786. The minimum absolute atomic E-state index is 0.522. The van der Waals surface area contributed by atoms with Gasteiger partial charge in [0.25, 0.3) is 0 Å². The summed E-state index contributed by atoms with van der Waals surface area (Å²) in [5.74, 6) is 0.522. The molecule has 1 aliphatic heterocycles. The third-order valence-corrected chi connectivity index (χ3v) is 4.59. The summed E-state index contributed by atoms with van der Waals surface area (Å²) in [6.07, 6.45) is 2.53. The van der Waals surface area contributed by atoms with E-state index in [0.29, 0.717) is 11.9 Å². The van der Waals surface area contributed by atoms with Crippen LogP contribution in [0.1, 0.15) is 23.5 Å². The predicted octanol–water partition coefficient (Wildman–Crippen LogP) is 2.41. The lowest BCUT2D eigenvalue weighted by Gasteiger charge is -2.34. The number of halogens is 1. The van der Waals surface area contributed by atoms with Crippen molar-refractivity contribution in [1.82, 2.24) is 14.8 Å². The summed E-state index contributed by atoms with van der Waals surface area (Å²) in [7, 11) is 4.40. The van der Waals surface area contributed by atoms with Crippen molar-refractivity contribution in [2.24, 2.45) is 0 Å². The van der Waals surface area contributed by atoms with Crippen LogP contribution in [-0.2, 0) is 12.4 Å². The van der Waals surface area contributed by atoms with Gasteiger partial charge in [0.15, 0.2) is 0 Å². The standard InChI is InChI=1S/C12H20ClN3S/c1-15-5-3-11(4-6-15)16(2)8-12-14-10(7-13)9-17-12/h9,11H,3-8H2,1-2H3. The lowest BCUT2D eigenvalue weighted by molar-refractivity contribution is 0.139. The van der Waals surface area contributed by atoms with Crippen molar-refractivity contribution in [3.8, 4) is 0 Å². The predicted molar refractivity (Wildman–Crippen MR) is 73.7 cm³/mol. The van der Waals surface area contributed by atoms with Crippen LogP contribution >= 0.6 is 22.9 Å². The molecule has 0 bridgehead atoms. The second-order valence-electron chi connectivity index (χ2n) is 4.82. The summed E-state index contributed by atoms with van der Waals surface area (Å²) >= 11 is 7.49. The summed E-state index contributed by atoms with van der Waals surface area (Å²) < 4.78 is 0. The van der Waals surface area contributed by atoms with Crippen molar-refractivity contribution in [2.75, 3.05) is 27.2 Å². The van der Waals surface area contributed by atoms with Gasteiger partial charge < -0.3 is 4.90 Å². The van der Waals surface area contributed by atoms with Crippen LogP contribution in [0.15, 0.2) is 5.38 Å². The number of aromatic nitrogens is 1. The van der Waals surface area contributed by atoms with Crippen LogP contribution in [0.2, 0.25) is 0 Å². The van der Waals surface area contributed by atoms with Gasteiger partial charge in [-0.15, -0.1) is 22.9 Å². The first-order valence-electron chi connectivity index (χ1n) is 6.07. The fourth-order valence-electron chi connectivity index (χ4n) is 2.26. The number of hydrogen-bond donors (Lipinski definition) is 0. The molecule has 1 aliphatic rings. The topological polar surface area (TPSA) is 19.4 Å². The van der Waals surface area contributed by atoms with Crippen molar-refractivity contribution in [2.45, 2.75) is 31.3 Å². The van der Waals surface area contributed by atoms with Gasteiger partial charge in [0.2, 0.25) is 0 Å². The van der Waals surface area contributed by atoms with Crippen LogP contribution < -0.4 is 0 Å². The number of thiazole rings is 1. The van der Waals surface area contributed by atoms with Crippen molar-refractivity contribution in [1.29, 1.82) is 0 Å². The largest absolute Gasteiger partial charge is 0.306 e. The van der Waals surface area contributed by atoms with Crippen molar-refractivity contribution >= 4 is 22.9 Å². The fourth-order valence-corrected chi connectivity index (χ4v) is 3.35. The Kier molecular flexibility index (Phi) is 4.79. The van der Waals surface area contributed by atoms with Gasteiger partial charge in [-0.25, -0.2) is 4.98 Å². The van der Waals surface area contributed by atoms with Crippen LogP contribution in [0.25, 0.3) is 0 Å². The van der Waals surface area contributed by atoms with Crippen LogP contribution in [-0.4, -0.2) is 48.0 Å². The summed E-state index contributed by atoms with van der Waals surface area (Å²) in [5, 5.41) is 3.24. The van der Waals surface area contributed by atoms with E-state index >= 15 is 0 Å². The molecule has 0 amide bonds. The van der Waals surface area contributed by atoms with Crippen molar-refractivity contribution in [3.05, 3.63) is 16.1 Å². The van der Waals surface area contributed by atoms with Crippen LogP contribution in [0.4, 0.5) is 0 Å². The zero-order valence-electron chi connectivity index (χ0n) is 10.5. The highest BCUT2D eigenvalue weighted by atomic mass is 35.5. The first-order chi connectivity index (χ1) is 8.19. The van der Waals surface area contributed by atoms with E-state index in [1.807, 2.05) is 0 Å². The van der Waals surface area contributed by atoms with Gasteiger partial charge in [-0.3, -0.25) is 4.90 Å². The molecule has 0 aliphatic carbocycles. The molecule has 1 aromatic rings. The minimum atomic E-state index is 0.522. The second kappa shape index (κ2) is 6.14. The smallest absolute Gasteiger partial charge is 0.107 e. The zero-order chi connectivity index (χ0) is 12.3. The van der Waals surface area contributed by atoms with E-state index in [9.17, 15) is 0 Å². The molecule has 0 atom stereocenters. The maximum Gasteiger partial charge on any atom is 0.107 e. The number of piperidine rings is 1. The van der Waals surface area contributed by atoms with Gasteiger partial charge in [0.1, 0.15) is 5.01 Å². The molecule has 2 heterocycles. The minimum Gasteiger partial charge on any atom is -0.306 e. The second-order valence-corrected chi connectivity index (χ2v) is 6.03. The zero-order valence-corrected chi connectivity index (χ0v) is 12.1. The average Bonchev–Trinajstić information content (AvgIpc) is 2.77. The number of nitrogens with zero attached hydrogens (tertiary/aromatic N) is 3. The molecule has 2 rings (SSSR count). The van der Waals surface area contributed by atoms with E-state index in [0.717, 1.165) is 12.2 Å². The molecule has 0 radical (unpaired) electrons. The van der Waals surface area contributed by atoms with Crippen molar-refractivity contribution < 1.29 is 0 Å². The summed E-state index contributed by atoms with van der Waals surface area (Å²) in [4.78, 5) is 9.35. The highest BCUT2D eigenvalue weighted by Gasteiger charge is 2.21. The number of hydrogen-bond acceptors (Lipinski definition) is 4. The van der Waals surface area contributed by atoms with Crippen molar-refractivity contribution in [3.63, 3.8) is 0 Å². The molecule has 1 fully saturated rings. The van der Waals surface area contributed by atoms with E-state index in [4.69, 9.17) is 11.6 Å². The van der Waals surface area contributed by atoms with Crippen LogP contribution in [0.5, 0.6) is 0 Å². The first kappa shape index (κ1) is 13.3. The molecule has 1 saturated heterocycles. The number of likely N-dealkylation sites (tertiary alicyclic amines) is 1. The molecular weight excluding hydrogens is 254 g/mol. The van der Waals surface area contributed by atoms with Crippen LogP contribution in [0, 0.1) is 0 Å². The third-order valence-electron chi connectivity index (χ3n) is 3.43.